The van der Waals surface area contributed by atoms with Crippen LogP contribution in [0.2, 0.25) is 5.02 Å². The highest BCUT2D eigenvalue weighted by atomic mass is 35.5. The van der Waals surface area contributed by atoms with Crippen molar-refractivity contribution < 1.29 is 9.59 Å². The average Bonchev–Trinajstić information content (AvgIpc) is 2.91. The van der Waals surface area contributed by atoms with Gasteiger partial charge in [-0.25, -0.2) is 0 Å². The number of nitrogens with zero attached hydrogens (tertiary/aromatic N) is 3. The fraction of sp³-hybridized carbons (Fsp3) is 0.222. The normalized spacial score (nSPS) is 25.6. The van der Waals surface area contributed by atoms with E-state index >= 15 is 0 Å². The van der Waals surface area contributed by atoms with Crippen molar-refractivity contribution in [1.82, 2.24) is 4.90 Å². The number of carbonyl (C=O) groups excluding carboxylic acids is 2. The Morgan fingerprint density at radius 2 is 1.92 bits per heavy atom. The average molecular weight is 368 g/mol. The molecule has 2 heterocycles. The first-order valence-corrected chi connectivity index (χ1v) is 8.08. The molecule has 0 spiro atoms. The number of carbonyl (C=O) groups is 2. The third-order valence-electron chi connectivity index (χ3n) is 4.82. The third kappa shape index (κ3) is 2.42. The highest BCUT2D eigenvalue weighted by Gasteiger charge is 2.62. The Balaban J connectivity index is 2.26. The highest BCUT2D eigenvalue weighted by Crippen LogP contribution is 2.52. The number of hydrogen-bond acceptors (Lipinski definition) is 5. The van der Waals surface area contributed by atoms with Crippen LogP contribution in [-0.2, 0) is 9.59 Å². The van der Waals surface area contributed by atoms with Gasteiger partial charge in [-0.15, -0.1) is 0 Å². The molecule has 1 fully saturated rings. The molecule has 8 heteroatoms. The van der Waals surface area contributed by atoms with Crippen LogP contribution in [0.1, 0.15) is 11.5 Å². The van der Waals surface area contributed by atoms with E-state index in [9.17, 15) is 20.1 Å². The van der Waals surface area contributed by atoms with E-state index in [1.807, 2.05) is 0 Å². The first kappa shape index (κ1) is 17.5. The monoisotopic (exact) mass is 367 g/mol. The molecule has 1 saturated heterocycles. The first-order valence-electron chi connectivity index (χ1n) is 7.70. The van der Waals surface area contributed by atoms with Gasteiger partial charge < -0.3 is 16.4 Å². The number of rotatable bonds is 3. The lowest BCUT2D eigenvalue weighted by Gasteiger charge is -2.30. The maximum Gasteiger partial charge on any atom is 0.250 e. The number of amides is 2. The number of fused-ring (bicyclic) bond motifs is 1. The topological polar surface area (TPSA) is 137 Å². The van der Waals surface area contributed by atoms with Crippen LogP contribution >= 0.6 is 11.6 Å². The Morgan fingerprint density at radius 3 is 2.46 bits per heavy atom. The molecule has 0 aliphatic carbocycles. The summed E-state index contributed by atoms with van der Waals surface area (Å²) in [5, 5.41) is 20.2. The molecule has 1 aromatic carbocycles. The van der Waals surface area contributed by atoms with Crippen LogP contribution in [0.15, 0.2) is 48.2 Å². The summed E-state index contributed by atoms with van der Waals surface area (Å²) in [6, 6.07) is 8.99. The maximum atomic E-state index is 12.3. The fourth-order valence-corrected chi connectivity index (χ4v) is 3.92. The summed E-state index contributed by atoms with van der Waals surface area (Å²) >= 11 is 6.06. The van der Waals surface area contributed by atoms with E-state index in [1.165, 1.54) is 23.3 Å². The van der Waals surface area contributed by atoms with Crippen molar-refractivity contribution in [1.29, 1.82) is 10.5 Å². The molecule has 1 aromatic rings. The van der Waals surface area contributed by atoms with Crippen molar-refractivity contribution in [2.24, 2.45) is 16.9 Å². The number of hydrogen-bond donors (Lipinski definition) is 2. The standard InChI is InChI=1S/C18H14ClN5O2/c19-12-3-1-2-10(6-12)14-15(17(23)26)24-7-11(16(22)25)4-5-13(24)18(14,8-20)9-21/h1-7,13-15H,(H2,22,25)(H2,23,26). The van der Waals surface area contributed by atoms with Gasteiger partial charge in [0, 0.05) is 17.1 Å². The predicted molar refractivity (Wildman–Crippen MR) is 92.9 cm³/mol. The lowest BCUT2D eigenvalue weighted by atomic mass is 9.70. The quantitative estimate of drug-likeness (QED) is 0.818. The van der Waals surface area contributed by atoms with Gasteiger partial charge in [-0.2, -0.15) is 10.5 Å². The summed E-state index contributed by atoms with van der Waals surface area (Å²) in [6.07, 6.45) is 4.37. The summed E-state index contributed by atoms with van der Waals surface area (Å²) in [5.74, 6) is -2.26. The van der Waals surface area contributed by atoms with Gasteiger partial charge in [0.2, 0.25) is 11.8 Å². The molecule has 2 aliphatic heterocycles. The van der Waals surface area contributed by atoms with Crippen LogP contribution in [-0.4, -0.2) is 28.8 Å². The van der Waals surface area contributed by atoms with Crippen molar-refractivity contribution in [3.8, 4) is 12.1 Å². The Labute approximate surface area is 154 Å². The summed E-state index contributed by atoms with van der Waals surface area (Å²) in [7, 11) is 0. The maximum absolute atomic E-state index is 12.3. The second kappa shape index (κ2) is 6.21. The molecule has 7 nitrogen and oxygen atoms in total. The molecule has 0 bridgehead atoms. The van der Waals surface area contributed by atoms with E-state index < -0.39 is 35.2 Å². The minimum absolute atomic E-state index is 0.157. The molecule has 2 amide bonds. The zero-order chi connectivity index (χ0) is 19.1. The molecule has 3 unspecified atom stereocenters. The highest BCUT2D eigenvalue weighted by molar-refractivity contribution is 6.30. The lowest BCUT2D eigenvalue weighted by molar-refractivity contribution is -0.122. The van der Waals surface area contributed by atoms with Crippen LogP contribution in [0.5, 0.6) is 0 Å². The molecule has 3 rings (SSSR count). The first-order chi connectivity index (χ1) is 12.4. The molecule has 3 atom stereocenters. The number of nitriles is 2. The van der Waals surface area contributed by atoms with Gasteiger partial charge in [-0.1, -0.05) is 29.8 Å². The van der Waals surface area contributed by atoms with Crippen LogP contribution < -0.4 is 11.5 Å². The minimum Gasteiger partial charge on any atom is -0.368 e. The Kier molecular flexibility index (Phi) is 4.19. The smallest absolute Gasteiger partial charge is 0.250 e. The summed E-state index contributed by atoms with van der Waals surface area (Å²) < 4.78 is 0. The molecule has 0 radical (unpaired) electrons. The van der Waals surface area contributed by atoms with Crippen LogP contribution in [0.3, 0.4) is 0 Å². The van der Waals surface area contributed by atoms with Gasteiger partial charge in [0.05, 0.1) is 23.8 Å². The van der Waals surface area contributed by atoms with Gasteiger partial charge in [0.15, 0.2) is 5.41 Å². The Hall–Kier alpha value is -3.29. The zero-order valence-electron chi connectivity index (χ0n) is 13.5. The molecule has 0 aromatic heterocycles. The van der Waals surface area contributed by atoms with E-state index in [1.54, 1.807) is 24.3 Å². The third-order valence-corrected chi connectivity index (χ3v) is 5.05. The van der Waals surface area contributed by atoms with Crippen molar-refractivity contribution in [3.05, 3.63) is 58.8 Å². The van der Waals surface area contributed by atoms with Crippen molar-refractivity contribution >= 4 is 23.4 Å². The molecule has 0 saturated carbocycles. The predicted octanol–water partition coefficient (Wildman–Crippen LogP) is 0.934. The molecular formula is C18H14ClN5O2. The van der Waals surface area contributed by atoms with Crippen LogP contribution in [0, 0.1) is 28.1 Å². The summed E-state index contributed by atoms with van der Waals surface area (Å²) in [5.41, 5.74) is 10.0. The number of primary amides is 2. The van der Waals surface area contributed by atoms with Crippen molar-refractivity contribution in [2.75, 3.05) is 0 Å². The van der Waals surface area contributed by atoms with E-state index in [2.05, 4.69) is 12.1 Å². The van der Waals surface area contributed by atoms with E-state index in [-0.39, 0.29) is 5.57 Å². The van der Waals surface area contributed by atoms with Crippen LogP contribution in [0.25, 0.3) is 0 Å². The van der Waals surface area contributed by atoms with Gasteiger partial charge in [0.25, 0.3) is 0 Å². The molecule has 4 N–H and O–H groups in total. The zero-order valence-corrected chi connectivity index (χ0v) is 14.2. The summed E-state index contributed by atoms with van der Waals surface area (Å²) in [6.45, 7) is 0. The lowest BCUT2D eigenvalue weighted by Crippen LogP contribution is -2.43. The van der Waals surface area contributed by atoms with Gasteiger partial charge in [-0.3, -0.25) is 9.59 Å². The Morgan fingerprint density at radius 1 is 1.23 bits per heavy atom. The number of halogens is 1. The number of benzene rings is 1. The minimum atomic E-state index is -1.60. The Bertz CT molecular complexity index is 926. The molecular weight excluding hydrogens is 354 g/mol. The van der Waals surface area contributed by atoms with Crippen molar-refractivity contribution in [3.63, 3.8) is 0 Å². The van der Waals surface area contributed by atoms with Gasteiger partial charge >= 0.3 is 0 Å². The van der Waals surface area contributed by atoms with Gasteiger partial charge in [0.1, 0.15) is 6.04 Å². The molecule has 2 aliphatic rings. The van der Waals surface area contributed by atoms with Gasteiger partial charge in [-0.05, 0) is 23.8 Å². The second-order valence-corrected chi connectivity index (χ2v) is 6.61. The fourth-order valence-electron chi connectivity index (χ4n) is 3.72. The SMILES string of the molecule is N#CC1(C#N)C(c2cccc(Cl)c2)C(C(N)=O)N2C=C(C(N)=O)C=CC21. The summed E-state index contributed by atoms with van der Waals surface area (Å²) in [4.78, 5) is 25.3. The van der Waals surface area contributed by atoms with Crippen molar-refractivity contribution in [2.45, 2.75) is 18.0 Å². The number of nitrogens with two attached hydrogens (primary N) is 2. The molecule has 26 heavy (non-hydrogen) atoms. The van der Waals surface area contributed by atoms with E-state index in [4.69, 9.17) is 23.1 Å². The van der Waals surface area contributed by atoms with E-state index in [0.717, 1.165) is 0 Å². The molecule has 130 valence electrons. The van der Waals surface area contributed by atoms with Crippen LogP contribution in [0.4, 0.5) is 0 Å². The largest absolute Gasteiger partial charge is 0.368 e. The van der Waals surface area contributed by atoms with E-state index in [0.29, 0.717) is 10.6 Å². The second-order valence-electron chi connectivity index (χ2n) is 6.17.